The number of hydrogen-bond acceptors (Lipinski definition) is 9. The summed E-state index contributed by atoms with van der Waals surface area (Å²) in [7, 11) is -3.81. The Morgan fingerprint density at radius 3 is 3.03 bits per heavy atom. The third-order valence-corrected chi connectivity index (χ3v) is 6.91. The summed E-state index contributed by atoms with van der Waals surface area (Å²) in [5.74, 6) is -0.388. The van der Waals surface area contributed by atoms with Gasteiger partial charge >= 0.3 is 5.97 Å². The van der Waals surface area contributed by atoms with E-state index in [1.165, 1.54) is 23.9 Å². The van der Waals surface area contributed by atoms with Crippen molar-refractivity contribution in [3.05, 3.63) is 47.7 Å². The number of primary sulfonamides is 1. The lowest BCUT2D eigenvalue weighted by molar-refractivity contribution is -0.142. The minimum atomic E-state index is -3.81. The SMILES string of the molecule is CCOC(=O)C1N=C2C=CC(Nc3cccc(S(N)(=O)=O)c3)=C3C=NCNC23S1. The van der Waals surface area contributed by atoms with Crippen LogP contribution in [0.4, 0.5) is 5.69 Å². The van der Waals surface area contributed by atoms with E-state index in [0.29, 0.717) is 23.8 Å². The van der Waals surface area contributed by atoms with Crippen LogP contribution in [0.25, 0.3) is 0 Å². The Morgan fingerprint density at radius 1 is 1.45 bits per heavy atom. The second-order valence-electron chi connectivity index (χ2n) is 6.42. The summed E-state index contributed by atoms with van der Waals surface area (Å²) >= 11 is 1.35. The Kier molecular flexibility index (Phi) is 5.07. The maximum Gasteiger partial charge on any atom is 0.341 e. The molecule has 1 spiro atoms. The van der Waals surface area contributed by atoms with E-state index in [1.54, 1.807) is 25.3 Å². The van der Waals surface area contributed by atoms with E-state index >= 15 is 0 Å². The summed E-state index contributed by atoms with van der Waals surface area (Å²) in [4.78, 5) is 20.3. The van der Waals surface area contributed by atoms with Crippen LogP contribution in [0.2, 0.25) is 0 Å². The molecule has 9 nitrogen and oxygen atoms in total. The Balaban J connectivity index is 1.70. The minimum absolute atomic E-state index is 0.0120. The van der Waals surface area contributed by atoms with E-state index in [2.05, 4.69) is 20.6 Å². The van der Waals surface area contributed by atoms with Gasteiger partial charge < -0.3 is 10.1 Å². The molecule has 152 valence electrons. The summed E-state index contributed by atoms with van der Waals surface area (Å²) < 4.78 is 28.4. The summed E-state index contributed by atoms with van der Waals surface area (Å²) in [6, 6.07) is 6.24. The number of esters is 1. The van der Waals surface area contributed by atoms with Gasteiger partial charge in [0.05, 0.1) is 23.9 Å². The molecule has 2 aliphatic heterocycles. The van der Waals surface area contributed by atoms with Crippen molar-refractivity contribution >= 4 is 45.4 Å². The second kappa shape index (κ2) is 7.41. The topological polar surface area (TPSA) is 135 Å². The van der Waals surface area contributed by atoms with Crippen LogP contribution >= 0.6 is 11.8 Å². The van der Waals surface area contributed by atoms with Gasteiger partial charge in [-0.2, -0.15) is 0 Å². The Bertz CT molecular complexity index is 1090. The fourth-order valence-electron chi connectivity index (χ4n) is 3.29. The number of aliphatic imine (C=N–C) groups is 2. The van der Waals surface area contributed by atoms with Gasteiger partial charge in [0.2, 0.25) is 10.0 Å². The predicted octanol–water partition coefficient (Wildman–Crippen LogP) is 0.975. The van der Waals surface area contributed by atoms with Gasteiger partial charge in [0.15, 0.2) is 5.37 Å². The van der Waals surface area contributed by atoms with Crippen molar-refractivity contribution in [1.29, 1.82) is 0 Å². The van der Waals surface area contributed by atoms with Gasteiger partial charge in [0.1, 0.15) is 4.87 Å². The standard InChI is InChI=1S/C18H19N5O4S2/c1-2-27-17(24)16-23-15-7-6-14(13-9-20-10-21-18(13,15)28-16)22-11-4-3-5-12(8-11)29(19,25)26/h3-9,16,21-22H,2,10H2,1H3,(H2,19,25,26). The number of anilines is 1. The molecule has 11 heteroatoms. The Morgan fingerprint density at radius 2 is 2.28 bits per heavy atom. The number of nitrogens with zero attached hydrogens (tertiary/aromatic N) is 2. The zero-order valence-corrected chi connectivity index (χ0v) is 17.1. The molecule has 0 aromatic heterocycles. The minimum Gasteiger partial charge on any atom is -0.464 e. The van der Waals surface area contributed by atoms with Crippen molar-refractivity contribution in [2.45, 2.75) is 22.1 Å². The molecule has 2 unspecified atom stereocenters. The van der Waals surface area contributed by atoms with Crippen LogP contribution in [0, 0.1) is 0 Å². The lowest BCUT2D eigenvalue weighted by atomic mass is 9.93. The molecule has 0 saturated heterocycles. The number of rotatable bonds is 5. The zero-order valence-electron chi connectivity index (χ0n) is 15.5. The van der Waals surface area contributed by atoms with Gasteiger partial charge in [-0.3, -0.25) is 15.3 Å². The molecule has 4 rings (SSSR count). The molecule has 0 amide bonds. The molecule has 29 heavy (non-hydrogen) atoms. The maximum absolute atomic E-state index is 12.2. The molecule has 3 aliphatic rings. The van der Waals surface area contributed by atoms with Gasteiger partial charge in [-0.25, -0.2) is 18.4 Å². The molecular weight excluding hydrogens is 414 g/mol. The van der Waals surface area contributed by atoms with E-state index in [9.17, 15) is 13.2 Å². The normalized spacial score (nSPS) is 25.3. The van der Waals surface area contributed by atoms with Crippen LogP contribution in [0.5, 0.6) is 0 Å². The second-order valence-corrected chi connectivity index (χ2v) is 9.28. The monoisotopic (exact) mass is 433 g/mol. The lowest BCUT2D eigenvalue weighted by Crippen LogP contribution is -2.53. The van der Waals surface area contributed by atoms with Gasteiger partial charge in [0, 0.05) is 23.2 Å². The molecule has 1 aliphatic carbocycles. The van der Waals surface area contributed by atoms with E-state index in [4.69, 9.17) is 9.88 Å². The molecule has 0 saturated carbocycles. The van der Waals surface area contributed by atoms with Crippen molar-refractivity contribution in [2.24, 2.45) is 15.1 Å². The first-order chi connectivity index (χ1) is 13.8. The molecule has 0 bridgehead atoms. The number of allylic oxidation sites excluding steroid dienone is 1. The Hall–Kier alpha value is -2.47. The molecule has 4 N–H and O–H groups in total. The molecule has 2 heterocycles. The van der Waals surface area contributed by atoms with Crippen LogP contribution in [-0.2, 0) is 19.6 Å². The number of nitrogens with one attached hydrogen (secondary N) is 2. The zero-order chi connectivity index (χ0) is 20.6. The molecule has 1 aromatic carbocycles. The average molecular weight is 434 g/mol. The lowest BCUT2D eigenvalue weighted by Gasteiger charge is -2.37. The summed E-state index contributed by atoms with van der Waals surface area (Å²) in [6.07, 6.45) is 5.39. The van der Waals surface area contributed by atoms with E-state index in [-0.39, 0.29) is 17.5 Å². The number of nitrogens with two attached hydrogens (primary N) is 1. The van der Waals surface area contributed by atoms with Crippen LogP contribution < -0.4 is 15.8 Å². The smallest absolute Gasteiger partial charge is 0.341 e. The first-order valence-electron chi connectivity index (χ1n) is 8.84. The first kappa shape index (κ1) is 19.8. The fourth-order valence-corrected chi connectivity index (χ4v) is 5.19. The van der Waals surface area contributed by atoms with Crippen molar-refractivity contribution in [1.82, 2.24) is 5.32 Å². The largest absolute Gasteiger partial charge is 0.464 e. The highest BCUT2D eigenvalue weighted by Gasteiger charge is 2.51. The average Bonchev–Trinajstić information content (AvgIpc) is 3.06. The van der Waals surface area contributed by atoms with E-state index in [0.717, 1.165) is 5.57 Å². The van der Waals surface area contributed by atoms with Crippen LogP contribution in [0.1, 0.15) is 6.92 Å². The number of benzene rings is 1. The highest BCUT2D eigenvalue weighted by Crippen LogP contribution is 2.45. The van der Waals surface area contributed by atoms with Crippen molar-refractivity contribution in [3.63, 3.8) is 0 Å². The van der Waals surface area contributed by atoms with Gasteiger partial charge in [-0.15, -0.1) is 0 Å². The number of carbonyl (C=O) groups is 1. The maximum atomic E-state index is 12.2. The van der Waals surface area contributed by atoms with Crippen molar-refractivity contribution in [3.8, 4) is 0 Å². The van der Waals surface area contributed by atoms with Crippen molar-refractivity contribution in [2.75, 3.05) is 18.6 Å². The van der Waals surface area contributed by atoms with Gasteiger partial charge in [-0.05, 0) is 37.3 Å². The number of ether oxygens (including phenoxy) is 1. The number of thioether (sulfide) groups is 1. The molecule has 0 radical (unpaired) electrons. The number of hydrogen-bond donors (Lipinski definition) is 3. The highest BCUT2D eigenvalue weighted by molar-refractivity contribution is 8.03. The summed E-state index contributed by atoms with van der Waals surface area (Å²) in [6.45, 7) is 2.42. The summed E-state index contributed by atoms with van der Waals surface area (Å²) in [5, 5.41) is 11.1. The quantitative estimate of drug-likeness (QED) is 0.589. The van der Waals surface area contributed by atoms with Crippen LogP contribution in [0.15, 0.2) is 62.6 Å². The highest BCUT2D eigenvalue weighted by atomic mass is 32.2. The van der Waals surface area contributed by atoms with E-state index in [1.807, 2.05) is 12.2 Å². The van der Waals surface area contributed by atoms with Gasteiger partial charge in [-0.1, -0.05) is 17.8 Å². The van der Waals surface area contributed by atoms with Crippen molar-refractivity contribution < 1.29 is 17.9 Å². The molecule has 2 atom stereocenters. The first-order valence-corrected chi connectivity index (χ1v) is 11.3. The third-order valence-electron chi connectivity index (χ3n) is 4.55. The van der Waals surface area contributed by atoms with Crippen LogP contribution in [-0.4, -0.2) is 49.8 Å². The van der Waals surface area contributed by atoms with Gasteiger partial charge in [0.25, 0.3) is 0 Å². The van der Waals surface area contributed by atoms with Crippen LogP contribution in [0.3, 0.4) is 0 Å². The molecular formula is C18H19N5O4S2. The number of carbonyl (C=O) groups excluding carboxylic acids is 1. The predicted molar refractivity (Wildman–Crippen MR) is 112 cm³/mol. The number of sulfonamides is 1. The molecule has 1 aromatic rings. The third kappa shape index (κ3) is 3.62. The van der Waals surface area contributed by atoms with E-state index < -0.39 is 20.3 Å². The molecule has 0 fully saturated rings. The Labute approximate surface area is 172 Å². The summed E-state index contributed by atoms with van der Waals surface area (Å²) in [5.41, 5.74) is 2.78. The fraction of sp³-hybridized carbons (Fsp3) is 0.278.